The topological polar surface area (TPSA) is 55.2 Å². The minimum atomic E-state index is -0.209. The van der Waals surface area contributed by atoms with Crippen LogP contribution in [0.25, 0.3) is 10.8 Å². The predicted molar refractivity (Wildman–Crippen MR) is 100 cm³/mol. The standard InChI is InChI=1S/C20H21N3O2/c1-4-22(15-10-6-5-7-11-15)20(25)18-16-12-8-9-13-17(16)19(24)23(21-18)14(2)3/h5-14H,4H2,1-3H3. The molecule has 25 heavy (non-hydrogen) atoms. The van der Waals surface area contributed by atoms with Crippen LogP contribution in [0.5, 0.6) is 0 Å². The molecule has 0 aliphatic heterocycles. The number of amides is 1. The molecule has 2 aromatic carbocycles. The number of carbonyl (C=O) groups is 1. The van der Waals surface area contributed by atoms with Crippen LogP contribution in [0.3, 0.4) is 0 Å². The first-order valence-electron chi connectivity index (χ1n) is 8.43. The van der Waals surface area contributed by atoms with Gasteiger partial charge in [-0.3, -0.25) is 9.59 Å². The lowest BCUT2D eigenvalue weighted by atomic mass is 10.1. The molecule has 0 saturated heterocycles. The Labute approximate surface area is 146 Å². The Morgan fingerprint density at radius 1 is 1.04 bits per heavy atom. The largest absolute Gasteiger partial charge is 0.307 e. The fraction of sp³-hybridized carbons (Fsp3) is 0.250. The van der Waals surface area contributed by atoms with E-state index in [4.69, 9.17) is 0 Å². The molecule has 0 radical (unpaired) electrons. The number of anilines is 1. The summed E-state index contributed by atoms with van der Waals surface area (Å²) in [6.07, 6.45) is 0. The number of hydrogen-bond acceptors (Lipinski definition) is 3. The number of para-hydroxylation sites is 1. The molecule has 1 amide bonds. The van der Waals surface area contributed by atoms with E-state index in [2.05, 4.69) is 5.10 Å². The molecule has 0 unspecified atom stereocenters. The minimum Gasteiger partial charge on any atom is -0.307 e. The molecule has 0 spiro atoms. The first-order chi connectivity index (χ1) is 12.0. The van der Waals surface area contributed by atoms with Crippen molar-refractivity contribution in [2.75, 3.05) is 11.4 Å². The zero-order valence-electron chi connectivity index (χ0n) is 14.6. The van der Waals surface area contributed by atoms with E-state index < -0.39 is 0 Å². The first-order valence-corrected chi connectivity index (χ1v) is 8.43. The van der Waals surface area contributed by atoms with Crippen LogP contribution in [0, 0.1) is 0 Å². The normalized spacial score (nSPS) is 11.0. The SMILES string of the molecule is CCN(C(=O)c1nn(C(C)C)c(=O)c2ccccc12)c1ccccc1. The highest BCUT2D eigenvalue weighted by Crippen LogP contribution is 2.20. The van der Waals surface area contributed by atoms with E-state index in [9.17, 15) is 9.59 Å². The molecule has 0 N–H and O–H groups in total. The maximum atomic E-state index is 13.2. The van der Waals surface area contributed by atoms with E-state index in [1.807, 2.05) is 57.2 Å². The van der Waals surface area contributed by atoms with Gasteiger partial charge in [-0.1, -0.05) is 36.4 Å². The minimum absolute atomic E-state index is 0.129. The summed E-state index contributed by atoms with van der Waals surface area (Å²) >= 11 is 0. The number of rotatable bonds is 4. The van der Waals surface area contributed by atoms with E-state index in [1.54, 1.807) is 23.1 Å². The molecule has 1 aromatic heterocycles. The van der Waals surface area contributed by atoms with Crippen LogP contribution in [0.1, 0.15) is 37.3 Å². The molecule has 0 aliphatic carbocycles. The summed E-state index contributed by atoms with van der Waals surface area (Å²) in [4.78, 5) is 27.5. The van der Waals surface area contributed by atoms with Crippen molar-refractivity contribution in [2.24, 2.45) is 0 Å². The van der Waals surface area contributed by atoms with Gasteiger partial charge in [0.25, 0.3) is 11.5 Å². The quantitative estimate of drug-likeness (QED) is 0.731. The van der Waals surface area contributed by atoms with Crippen LogP contribution in [-0.2, 0) is 0 Å². The van der Waals surface area contributed by atoms with Crippen LogP contribution >= 0.6 is 0 Å². The van der Waals surface area contributed by atoms with Gasteiger partial charge in [0, 0.05) is 17.6 Å². The van der Waals surface area contributed by atoms with Crippen LogP contribution < -0.4 is 10.5 Å². The lowest BCUT2D eigenvalue weighted by Crippen LogP contribution is -2.35. The van der Waals surface area contributed by atoms with Crippen molar-refractivity contribution in [3.63, 3.8) is 0 Å². The van der Waals surface area contributed by atoms with Crippen molar-refractivity contribution < 1.29 is 4.79 Å². The summed E-state index contributed by atoms with van der Waals surface area (Å²) in [7, 11) is 0. The van der Waals surface area contributed by atoms with Gasteiger partial charge in [0.05, 0.1) is 11.4 Å². The monoisotopic (exact) mass is 335 g/mol. The van der Waals surface area contributed by atoms with E-state index >= 15 is 0 Å². The molecular weight excluding hydrogens is 314 g/mol. The maximum Gasteiger partial charge on any atom is 0.279 e. The number of nitrogens with zero attached hydrogens (tertiary/aromatic N) is 3. The van der Waals surface area contributed by atoms with E-state index in [0.29, 0.717) is 23.0 Å². The lowest BCUT2D eigenvalue weighted by Gasteiger charge is -2.22. The Morgan fingerprint density at radius 2 is 1.64 bits per heavy atom. The summed E-state index contributed by atoms with van der Waals surface area (Å²) in [6, 6.07) is 16.5. The summed E-state index contributed by atoms with van der Waals surface area (Å²) < 4.78 is 1.38. The van der Waals surface area contributed by atoms with Crippen molar-refractivity contribution in [3.05, 3.63) is 70.6 Å². The molecule has 0 saturated carbocycles. The summed E-state index contributed by atoms with van der Waals surface area (Å²) in [6.45, 7) is 6.20. The molecule has 128 valence electrons. The highest BCUT2D eigenvalue weighted by molar-refractivity contribution is 6.12. The molecule has 3 aromatic rings. The zero-order valence-corrected chi connectivity index (χ0v) is 14.6. The van der Waals surface area contributed by atoms with Gasteiger partial charge in [-0.15, -0.1) is 0 Å². The zero-order chi connectivity index (χ0) is 18.0. The van der Waals surface area contributed by atoms with Gasteiger partial charge in [-0.2, -0.15) is 5.10 Å². The summed E-state index contributed by atoms with van der Waals surface area (Å²) in [5.74, 6) is -0.209. The summed E-state index contributed by atoms with van der Waals surface area (Å²) in [5, 5.41) is 5.51. The fourth-order valence-electron chi connectivity index (χ4n) is 2.89. The van der Waals surface area contributed by atoms with Crippen molar-refractivity contribution in [1.29, 1.82) is 0 Å². The van der Waals surface area contributed by atoms with Crippen molar-refractivity contribution in [3.8, 4) is 0 Å². The lowest BCUT2D eigenvalue weighted by molar-refractivity contribution is 0.0982. The third kappa shape index (κ3) is 3.05. The Bertz CT molecular complexity index is 962. The van der Waals surface area contributed by atoms with Crippen molar-refractivity contribution >= 4 is 22.4 Å². The van der Waals surface area contributed by atoms with Gasteiger partial charge in [0.2, 0.25) is 0 Å². The molecule has 0 fully saturated rings. The molecule has 0 atom stereocenters. The van der Waals surface area contributed by atoms with Crippen molar-refractivity contribution in [1.82, 2.24) is 9.78 Å². The Morgan fingerprint density at radius 3 is 2.24 bits per heavy atom. The maximum absolute atomic E-state index is 13.2. The van der Waals surface area contributed by atoms with E-state index in [-0.39, 0.29) is 17.5 Å². The molecule has 1 heterocycles. The number of aromatic nitrogens is 2. The van der Waals surface area contributed by atoms with Crippen LogP contribution in [0.2, 0.25) is 0 Å². The van der Waals surface area contributed by atoms with E-state index in [1.165, 1.54) is 4.68 Å². The van der Waals surface area contributed by atoms with Crippen LogP contribution in [0.15, 0.2) is 59.4 Å². The number of hydrogen-bond donors (Lipinski definition) is 0. The second kappa shape index (κ2) is 6.89. The highest BCUT2D eigenvalue weighted by Gasteiger charge is 2.22. The first kappa shape index (κ1) is 16.9. The third-order valence-electron chi connectivity index (χ3n) is 4.15. The van der Waals surface area contributed by atoms with Gasteiger partial charge >= 0.3 is 0 Å². The molecule has 5 heteroatoms. The second-order valence-corrected chi connectivity index (χ2v) is 6.12. The van der Waals surface area contributed by atoms with Gasteiger partial charge in [-0.25, -0.2) is 4.68 Å². The second-order valence-electron chi connectivity index (χ2n) is 6.12. The van der Waals surface area contributed by atoms with Gasteiger partial charge in [-0.05, 0) is 39.0 Å². The van der Waals surface area contributed by atoms with Crippen molar-refractivity contribution in [2.45, 2.75) is 26.8 Å². The van der Waals surface area contributed by atoms with Gasteiger partial charge in [0.1, 0.15) is 0 Å². The smallest absolute Gasteiger partial charge is 0.279 e. The highest BCUT2D eigenvalue weighted by atomic mass is 16.2. The third-order valence-corrected chi connectivity index (χ3v) is 4.15. The average molecular weight is 335 g/mol. The number of benzene rings is 2. The van der Waals surface area contributed by atoms with Crippen LogP contribution in [-0.4, -0.2) is 22.2 Å². The molecule has 0 aliphatic rings. The van der Waals surface area contributed by atoms with E-state index in [0.717, 1.165) is 5.69 Å². The molecule has 3 rings (SSSR count). The molecular formula is C20H21N3O2. The van der Waals surface area contributed by atoms with Gasteiger partial charge in [0.15, 0.2) is 5.69 Å². The Kier molecular flexibility index (Phi) is 4.65. The number of fused-ring (bicyclic) bond motifs is 1. The summed E-state index contributed by atoms with van der Waals surface area (Å²) in [5.41, 5.74) is 0.933. The molecule has 0 bridgehead atoms. The van der Waals surface area contributed by atoms with Gasteiger partial charge < -0.3 is 4.90 Å². The average Bonchev–Trinajstić information content (AvgIpc) is 2.63. The fourth-order valence-corrected chi connectivity index (χ4v) is 2.89. The predicted octanol–water partition coefficient (Wildman–Crippen LogP) is 3.64. The Hall–Kier alpha value is -2.95. The van der Waals surface area contributed by atoms with Crippen LogP contribution in [0.4, 0.5) is 5.69 Å². The molecule has 5 nitrogen and oxygen atoms in total. The Balaban J connectivity index is 2.22. The number of carbonyl (C=O) groups excluding carboxylic acids is 1.